The molecule has 3 heteroatoms. The topological polar surface area (TPSA) is 46.5 Å². The predicted octanol–water partition coefficient (Wildman–Crippen LogP) is 2.27. The number of aryl methyl sites for hydroxylation is 2. The Morgan fingerprint density at radius 3 is 2.73 bits per heavy atom. The summed E-state index contributed by atoms with van der Waals surface area (Å²) in [5.41, 5.74) is 2.18. The minimum absolute atomic E-state index is 0.176. The van der Waals surface area contributed by atoms with Crippen LogP contribution in [0.3, 0.4) is 0 Å². The highest BCUT2D eigenvalue weighted by Crippen LogP contribution is 2.20. The molecule has 0 unspecified atom stereocenters. The molecule has 0 fully saturated rings. The second kappa shape index (κ2) is 5.39. The fraction of sp³-hybridized carbons (Fsp3) is 0.417. The van der Waals surface area contributed by atoms with Gasteiger partial charge in [-0.05, 0) is 30.0 Å². The van der Waals surface area contributed by atoms with E-state index in [1.165, 1.54) is 0 Å². The maximum absolute atomic E-state index is 10.4. The molecule has 0 aliphatic heterocycles. The fourth-order valence-electron chi connectivity index (χ4n) is 1.51. The third-order valence-corrected chi connectivity index (χ3v) is 2.35. The Morgan fingerprint density at radius 2 is 2.20 bits per heavy atom. The average Bonchev–Trinajstić information content (AvgIpc) is 2.25. The van der Waals surface area contributed by atoms with E-state index >= 15 is 0 Å². The molecule has 0 aliphatic rings. The summed E-state index contributed by atoms with van der Waals surface area (Å²) in [6, 6.07) is 5.83. The highest BCUT2D eigenvalue weighted by molar-refractivity contribution is 5.67. The number of carbonyl (C=O) groups is 1. The van der Waals surface area contributed by atoms with Crippen molar-refractivity contribution in [2.45, 2.75) is 26.2 Å². The first-order valence-corrected chi connectivity index (χ1v) is 5.05. The van der Waals surface area contributed by atoms with Crippen molar-refractivity contribution in [1.29, 1.82) is 0 Å². The number of carboxylic acid groups (broad SMARTS) is 1. The lowest BCUT2D eigenvalue weighted by Crippen LogP contribution is -1.99. The molecule has 1 N–H and O–H groups in total. The Morgan fingerprint density at radius 1 is 1.47 bits per heavy atom. The highest BCUT2D eigenvalue weighted by Gasteiger charge is 2.04. The number of benzene rings is 1. The minimum Gasteiger partial charge on any atom is -0.496 e. The smallest absolute Gasteiger partial charge is 0.303 e. The molecule has 82 valence electrons. The molecular formula is C12H16O3. The van der Waals surface area contributed by atoms with Crippen LogP contribution in [0.4, 0.5) is 0 Å². The number of aliphatic carboxylic acids is 1. The van der Waals surface area contributed by atoms with E-state index in [1.807, 2.05) is 18.2 Å². The van der Waals surface area contributed by atoms with Gasteiger partial charge in [0.05, 0.1) is 7.11 Å². The first-order chi connectivity index (χ1) is 7.17. The second-order valence-electron chi connectivity index (χ2n) is 3.39. The van der Waals surface area contributed by atoms with E-state index in [0.717, 1.165) is 23.3 Å². The Labute approximate surface area is 89.7 Å². The zero-order chi connectivity index (χ0) is 11.3. The largest absolute Gasteiger partial charge is 0.496 e. The normalized spacial score (nSPS) is 10.0. The van der Waals surface area contributed by atoms with Crippen LogP contribution in [0, 0.1) is 0 Å². The predicted molar refractivity (Wildman–Crippen MR) is 58.3 cm³/mol. The van der Waals surface area contributed by atoms with Gasteiger partial charge in [-0.3, -0.25) is 4.79 Å². The van der Waals surface area contributed by atoms with Gasteiger partial charge in [-0.2, -0.15) is 0 Å². The second-order valence-corrected chi connectivity index (χ2v) is 3.39. The van der Waals surface area contributed by atoms with Gasteiger partial charge in [0, 0.05) is 6.42 Å². The Hall–Kier alpha value is -1.51. The average molecular weight is 208 g/mol. The highest BCUT2D eigenvalue weighted by atomic mass is 16.5. The molecule has 3 nitrogen and oxygen atoms in total. The third kappa shape index (κ3) is 3.27. The van der Waals surface area contributed by atoms with Crippen LogP contribution in [0.15, 0.2) is 18.2 Å². The van der Waals surface area contributed by atoms with Crippen LogP contribution in [0.1, 0.15) is 24.5 Å². The molecular weight excluding hydrogens is 192 g/mol. The molecule has 1 rings (SSSR count). The molecule has 0 amide bonds. The molecule has 0 aromatic heterocycles. The van der Waals surface area contributed by atoms with E-state index in [4.69, 9.17) is 9.84 Å². The van der Waals surface area contributed by atoms with Crippen molar-refractivity contribution in [3.63, 3.8) is 0 Å². The lowest BCUT2D eigenvalue weighted by molar-refractivity contribution is -0.136. The molecule has 15 heavy (non-hydrogen) atoms. The molecule has 0 spiro atoms. The van der Waals surface area contributed by atoms with E-state index in [1.54, 1.807) is 7.11 Å². The molecule has 0 radical (unpaired) electrons. The van der Waals surface area contributed by atoms with Crippen LogP contribution in [0.2, 0.25) is 0 Å². The van der Waals surface area contributed by atoms with Gasteiger partial charge < -0.3 is 9.84 Å². The third-order valence-electron chi connectivity index (χ3n) is 2.35. The first-order valence-electron chi connectivity index (χ1n) is 5.05. The number of ether oxygens (including phenoxy) is 1. The van der Waals surface area contributed by atoms with Gasteiger partial charge in [0.25, 0.3) is 0 Å². The SMILES string of the molecule is CCc1cc(CCC(=O)O)ccc1OC. The molecule has 0 heterocycles. The van der Waals surface area contributed by atoms with Crippen molar-refractivity contribution >= 4 is 5.97 Å². The summed E-state index contributed by atoms with van der Waals surface area (Å²) in [7, 11) is 1.64. The van der Waals surface area contributed by atoms with Crippen molar-refractivity contribution < 1.29 is 14.6 Å². The van der Waals surface area contributed by atoms with Crippen LogP contribution in [0.25, 0.3) is 0 Å². The fourth-order valence-corrected chi connectivity index (χ4v) is 1.51. The van der Waals surface area contributed by atoms with Gasteiger partial charge >= 0.3 is 5.97 Å². The first kappa shape index (κ1) is 11.6. The van der Waals surface area contributed by atoms with Gasteiger partial charge in [-0.15, -0.1) is 0 Å². The maximum atomic E-state index is 10.4. The number of carboxylic acids is 1. The van der Waals surface area contributed by atoms with E-state index < -0.39 is 5.97 Å². The molecule has 0 saturated heterocycles. The summed E-state index contributed by atoms with van der Waals surface area (Å²) >= 11 is 0. The summed E-state index contributed by atoms with van der Waals surface area (Å²) in [6.45, 7) is 2.05. The number of rotatable bonds is 5. The molecule has 0 aliphatic carbocycles. The Bertz CT molecular complexity index is 345. The quantitative estimate of drug-likeness (QED) is 0.807. The standard InChI is InChI=1S/C12H16O3/c1-3-10-8-9(5-7-12(13)14)4-6-11(10)15-2/h4,6,8H,3,5,7H2,1-2H3,(H,13,14). The molecule has 1 aromatic rings. The van der Waals surface area contributed by atoms with Gasteiger partial charge in [0.2, 0.25) is 0 Å². The van der Waals surface area contributed by atoms with Crippen LogP contribution in [-0.2, 0) is 17.6 Å². The monoisotopic (exact) mass is 208 g/mol. The van der Waals surface area contributed by atoms with E-state index in [9.17, 15) is 4.79 Å². The number of hydrogen-bond acceptors (Lipinski definition) is 2. The summed E-state index contributed by atoms with van der Waals surface area (Å²) in [6.07, 6.45) is 1.64. The van der Waals surface area contributed by atoms with Crippen molar-refractivity contribution in [2.75, 3.05) is 7.11 Å². The Balaban J connectivity index is 2.78. The molecule has 0 atom stereocenters. The minimum atomic E-state index is -0.760. The van der Waals surface area contributed by atoms with Crippen molar-refractivity contribution in [2.24, 2.45) is 0 Å². The van der Waals surface area contributed by atoms with Crippen LogP contribution < -0.4 is 4.74 Å². The number of methoxy groups -OCH3 is 1. The lowest BCUT2D eigenvalue weighted by Gasteiger charge is -2.08. The van der Waals surface area contributed by atoms with Gasteiger partial charge in [-0.1, -0.05) is 19.1 Å². The van der Waals surface area contributed by atoms with Crippen molar-refractivity contribution in [1.82, 2.24) is 0 Å². The summed E-state index contributed by atoms with van der Waals surface area (Å²) in [5.74, 6) is 0.112. The van der Waals surface area contributed by atoms with Gasteiger partial charge in [0.15, 0.2) is 0 Å². The number of hydrogen-bond donors (Lipinski definition) is 1. The van der Waals surface area contributed by atoms with E-state index in [2.05, 4.69) is 6.92 Å². The van der Waals surface area contributed by atoms with Crippen LogP contribution in [0.5, 0.6) is 5.75 Å². The van der Waals surface area contributed by atoms with Gasteiger partial charge in [0.1, 0.15) is 5.75 Å². The molecule has 1 aromatic carbocycles. The summed E-state index contributed by atoms with van der Waals surface area (Å²) in [4.78, 5) is 10.4. The Kier molecular flexibility index (Phi) is 4.16. The maximum Gasteiger partial charge on any atom is 0.303 e. The van der Waals surface area contributed by atoms with Crippen molar-refractivity contribution in [3.8, 4) is 5.75 Å². The van der Waals surface area contributed by atoms with E-state index in [-0.39, 0.29) is 6.42 Å². The van der Waals surface area contributed by atoms with Crippen LogP contribution >= 0.6 is 0 Å². The molecule has 0 saturated carbocycles. The summed E-state index contributed by atoms with van der Waals surface area (Å²) < 4.78 is 5.20. The van der Waals surface area contributed by atoms with Crippen LogP contribution in [-0.4, -0.2) is 18.2 Å². The zero-order valence-corrected chi connectivity index (χ0v) is 9.12. The summed E-state index contributed by atoms with van der Waals surface area (Å²) in [5, 5.41) is 8.58. The zero-order valence-electron chi connectivity index (χ0n) is 9.12. The van der Waals surface area contributed by atoms with Crippen molar-refractivity contribution in [3.05, 3.63) is 29.3 Å². The lowest BCUT2D eigenvalue weighted by atomic mass is 10.0. The van der Waals surface area contributed by atoms with Gasteiger partial charge in [-0.25, -0.2) is 0 Å². The molecule has 0 bridgehead atoms. The van der Waals surface area contributed by atoms with E-state index in [0.29, 0.717) is 6.42 Å².